The second-order valence-corrected chi connectivity index (χ2v) is 5.59. The van der Waals surface area contributed by atoms with Gasteiger partial charge in [-0.15, -0.1) is 0 Å². The van der Waals surface area contributed by atoms with E-state index in [2.05, 4.69) is 36.9 Å². The summed E-state index contributed by atoms with van der Waals surface area (Å²) in [7, 11) is 1.69. The Morgan fingerprint density at radius 2 is 1.67 bits per heavy atom. The molecule has 0 saturated carbocycles. The van der Waals surface area contributed by atoms with E-state index in [1.807, 2.05) is 30.3 Å². The molecule has 0 radical (unpaired) electrons. The minimum Gasteiger partial charge on any atom is -0.497 e. The molecule has 0 aromatic heterocycles. The zero-order valence-electron chi connectivity index (χ0n) is 13.0. The van der Waals surface area contributed by atoms with Crippen LogP contribution in [-0.4, -0.2) is 18.1 Å². The summed E-state index contributed by atoms with van der Waals surface area (Å²) in [5.41, 5.74) is 9.22. The monoisotopic (exact) mass is 284 g/mol. The van der Waals surface area contributed by atoms with Gasteiger partial charge in [0.05, 0.1) is 7.11 Å². The van der Waals surface area contributed by atoms with Crippen molar-refractivity contribution in [2.24, 2.45) is 0 Å². The largest absolute Gasteiger partial charge is 0.497 e. The van der Waals surface area contributed by atoms with Crippen LogP contribution in [0.1, 0.15) is 25.0 Å². The van der Waals surface area contributed by atoms with Crippen LogP contribution in [0.25, 0.3) is 0 Å². The summed E-state index contributed by atoms with van der Waals surface area (Å²) in [4.78, 5) is 2.43. The van der Waals surface area contributed by atoms with Gasteiger partial charge in [-0.05, 0) is 49.2 Å². The molecule has 112 valence electrons. The topological polar surface area (TPSA) is 38.5 Å². The van der Waals surface area contributed by atoms with Crippen molar-refractivity contribution in [2.75, 3.05) is 12.8 Å². The van der Waals surface area contributed by atoms with E-state index in [4.69, 9.17) is 10.5 Å². The van der Waals surface area contributed by atoms with Crippen molar-refractivity contribution in [3.05, 3.63) is 59.7 Å². The molecule has 0 unspecified atom stereocenters. The molecule has 3 nitrogen and oxygen atoms in total. The zero-order valence-corrected chi connectivity index (χ0v) is 13.0. The molecule has 2 aromatic carbocycles. The fourth-order valence-corrected chi connectivity index (χ4v) is 2.31. The molecule has 0 heterocycles. The van der Waals surface area contributed by atoms with Gasteiger partial charge in [-0.3, -0.25) is 4.90 Å². The minimum atomic E-state index is 0.466. The Hall–Kier alpha value is -2.00. The van der Waals surface area contributed by atoms with Crippen molar-refractivity contribution in [1.29, 1.82) is 0 Å². The predicted molar refractivity (Wildman–Crippen MR) is 88.2 cm³/mol. The molecule has 2 aromatic rings. The number of nitrogens with zero attached hydrogens (tertiary/aromatic N) is 1. The van der Waals surface area contributed by atoms with Gasteiger partial charge in [-0.25, -0.2) is 0 Å². The first-order chi connectivity index (χ1) is 10.1. The lowest BCUT2D eigenvalue weighted by molar-refractivity contribution is 0.203. The Morgan fingerprint density at radius 1 is 1.00 bits per heavy atom. The zero-order chi connectivity index (χ0) is 15.2. The fourth-order valence-electron chi connectivity index (χ4n) is 2.31. The lowest BCUT2D eigenvalue weighted by Crippen LogP contribution is -2.29. The molecular weight excluding hydrogens is 260 g/mol. The van der Waals surface area contributed by atoms with Gasteiger partial charge in [-0.2, -0.15) is 0 Å². The van der Waals surface area contributed by atoms with E-state index in [0.717, 1.165) is 24.5 Å². The van der Waals surface area contributed by atoms with E-state index in [1.165, 1.54) is 11.1 Å². The fraction of sp³-hybridized carbons (Fsp3) is 0.333. The Morgan fingerprint density at radius 3 is 2.24 bits per heavy atom. The molecule has 0 aliphatic heterocycles. The first-order valence-corrected chi connectivity index (χ1v) is 7.30. The SMILES string of the molecule is COc1ccc(CN(Cc2cccc(N)c2)C(C)C)cc1. The van der Waals surface area contributed by atoms with Gasteiger partial charge in [0.1, 0.15) is 5.75 Å². The summed E-state index contributed by atoms with van der Waals surface area (Å²) in [5, 5.41) is 0. The predicted octanol–water partition coefficient (Wildman–Crippen LogP) is 3.69. The number of nitrogens with two attached hydrogens (primary N) is 1. The molecule has 0 amide bonds. The van der Waals surface area contributed by atoms with Gasteiger partial charge in [0, 0.05) is 24.8 Å². The normalized spacial score (nSPS) is 11.1. The quantitative estimate of drug-likeness (QED) is 0.822. The number of hydrogen-bond donors (Lipinski definition) is 1. The molecule has 2 N–H and O–H groups in total. The van der Waals surface area contributed by atoms with Gasteiger partial charge in [-0.1, -0.05) is 24.3 Å². The molecule has 0 aliphatic carbocycles. The van der Waals surface area contributed by atoms with E-state index in [1.54, 1.807) is 7.11 Å². The third-order valence-electron chi connectivity index (χ3n) is 3.61. The number of nitrogen functional groups attached to an aromatic ring is 1. The summed E-state index contributed by atoms with van der Waals surface area (Å²) in [6.45, 7) is 6.25. The lowest BCUT2D eigenvalue weighted by Gasteiger charge is -2.27. The maximum atomic E-state index is 5.86. The minimum absolute atomic E-state index is 0.466. The van der Waals surface area contributed by atoms with Crippen LogP contribution in [0.15, 0.2) is 48.5 Å². The number of rotatable bonds is 6. The highest BCUT2D eigenvalue weighted by Gasteiger charge is 2.11. The molecule has 2 rings (SSSR count). The highest BCUT2D eigenvalue weighted by atomic mass is 16.5. The second-order valence-electron chi connectivity index (χ2n) is 5.59. The van der Waals surface area contributed by atoms with Crippen LogP contribution < -0.4 is 10.5 Å². The van der Waals surface area contributed by atoms with Gasteiger partial charge in [0.15, 0.2) is 0 Å². The summed E-state index contributed by atoms with van der Waals surface area (Å²) < 4.78 is 5.20. The Labute approximate surface area is 127 Å². The maximum Gasteiger partial charge on any atom is 0.118 e. The van der Waals surface area contributed by atoms with Crippen molar-refractivity contribution in [3.8, 4) is 5.75 Å². The molecule has 3 heteroatoms. The molecule has 0 atom stereocenters. The van der Waals surface area contributed by atoms with Gasteiger partial charge in [0.2, 0.25) is 0 Å². The average molecular weight is 284 g/mol. The first kappa shape index (κ1) is 15.4. The van der Waals surface area contributed by atoms with E-state index in [-0.39, 0.29) is 0 Å². The maximum absolute atomic E-state index is 5.86. The highest BCUT2D eigenvalue weighted by Crippen LogP contribution is 2.17. The van der Waals surface area contributed by atoms with Crippen molar-refractivity contribution < 1.29 is 4.74 Å². The molecule has 0 aliphatic rings. The van der Waals surface area contributed by atoms with Crippen LogP contribution >= 0.6 is 0 Å². The lowest BCUT2D eigenvalue weighted by atomic mass is 10.1. The van der Waals surface area contributed by atoms with Crippen molar-refractivity contribution >= 4 is 5.69 Å². The van der Waals surface area contributed by atoms with Gasteiger partial charge < -0.3 is 10.5 Å². The van der Waals surface area contributed by atoms with E-state index in [0.29, 0.717) is 6.04 Å². The van der Waals surface area contributed by atoms with Crippen LogP contribution in [0.5, 0.6) is 5.75 Å². The smallest absolute Gasteiger partial charge is 0.118 e. The molecule has 0 fully saturated rings. The van der Waals surface area contributed by atoms with Crippen LogP contribution in [-0.2, 0) is 13.1 Å². The third-order valence-corrected chi connectivity index (χ3v) is 3.61. The van der Waals surface area contributed by atoms with Gasteiger partial charge >= 0.3 is 0 Å². The Bertz CT molecular complexity index is 564. The molecule has 0 spiro atoms. The average Bonchev–Trinajstić information content (AvgIpc) is 2.47. The van der Waals surface area contributed by atoms with Crippen LogP contribution in [0.4, 0.5) is 5.69 Å². The van der Waals surface area contributed by atoms with Crippen LogP contribution in [0, 0.1) is 0 Å². The number of methoxy groups -OCH3 is 1. The van der Waals surface area contributed by atoms with Crippen molar-refractivity contribution in [3.63, 3.8) is 0 Å². The summed E-state index contributed by atoms with van der Waals surface area (Å²) in [6, 6.07) is 16.8. The Balaban J connectivity index is 2.08. The van der Waals surface area contributed by atoms with Crippen molar-refractivity contribution in [1.82, 2.24) is 4.90 Å². The first-order valence-electron chi connectivity index (χ1n) is 7.30. The highest BCUT2D eigenvalue weighted by molar-refractivity contribution is 5.40. The third kappa shape index (κ3) is 4.50. The van der Waals surface area contributed by atoms with Crippen LogP contribution in [0.3, 0.4) is 0 Å². The van der Waals surface area contributed by atoms with Crippen LogP contribution in [0.2, 0.25) is 0 Å². The van der Waals surface area contributed by atoms with E-state index >= 15 is 0 Å². The second kappa shape index (κ2) is 7.14. The number of ether oxygens (including phenoxy) is 1. The van der Waals surface area contributed by atoms with E-state index in [9.17, 15) is 0 Å². The summed E-state index contributed by atoms with van der Waals surface area (Å²) >= 11 is 0. The number of anilines is 1. The van der Waals surface area contributed by atoms with Crippen molar-refractivity contribution in [2.45, 2.75) is 33.0 Å². The standard InChI is InChI=1S/C18H24N2O/c1-14(2)20(13-16-5-4-6-17(19)11-16)12-15-7-9-18(21-3)10-8-15/h4-11,14H,12-13,19H2,1-3H3. The molecule has 0 saturated heterocycles. The summed E-state index contributed by atoms with van der Waals surface area (Å²) in [6.07, 6.45) is 0. The van der Waals surface area contributed by atoms with Gasteiger partial charge in [0.25, 0.3) is 0 Å². The molecule has 0 bridgehead atoms. The molecule has 21 heavy (non-hydrogen) atoms. The number of hydrogen-bond acceptors (Lipinski definition) is 3. The Kier molecular flexibility index (Phi) is 5.23. The summed E-state index contributed by atoms with van der Waals surface area (Å²) in [5.74, 6) is 0.894. The molecular formula is C18H24N2O. The van der Waals surface area contributed by atoms with E-state index < -0.39 is 0 Å². The number of benzene rings is 2.